The summed E-state index contributed by atoms with van der Waals surface area (Å²) >= 11 is 3.04. The predicted molar refractivity (Wildman–Crippen MR) is 126 cm³/mol. The van der Waals surface area contributed by atoms with Gasteiger partial charge < -0.3 is 5.32 Å². The van der Waals surface area contributed by atoms with E-state index in [1.54, 1.807) is 11.3 Å². The summed E-state index contributed by atoms with van der Waals surface area (Å²) < 4.78 is 0. The number of halogens is 1. The number of nitrogens with one attached hydrogen (secondary N) is 1. The van der Waals surface area contributed by atoms with Crippen LogP contribution in [0.1, 0.15) is 41.7 Å². The molecule has 5 nitrogen and oxygen atoms in total. The van der Waals surface area contributed by atoms with Crippen molar-refractivity contribution in [1.29, 1.82) is 0 Å². The molecule has 2 aromatic heterocycles. The Hall–Kier alpha value is -1.67. The van der Waals surface area contributed by atoms with Crippen molar-refractivity contribution in [3.8, 4) is 0 Å². The van der Waals surface area contributed by atoms with Crippen molar-refractivity contribution in [2.24, 2.45) is 0 Å². The largest absolute Gasteiger partial charge is 0.348 e. The third-order valence-corrected chi connectivity index (χ3v) is 7.57. The molecule has 2 aliphatic heterocycles. The Balaban J connectivity index is 0.00000218. The molecule has 2 bridgehead atoms. The Labute approximate surface area is 191 Å². The average Bonchev–Trinajstić information content (AvgIpc) is 3.28. The molecular weight excluding hydrogens is 436 g/mol. The third kappa shape index (κ3) is 4.21. The van der Waals surface area contributed by atoms with Gasteiger partial charge in [-0.05, 0) is 48.9 Å². The highest BCUT2D eigenvalue weighted by atomic mass is 35.5. The number of rotatable bonds is 5. The second kappa shape index (κ2) is 9.22. The number of thiophene rings is 1. The van der Waals surface area contributed by atoms with Crippen molar-refractivity contribution in [2.45, 2.75) is 55.4 Å². The Morgan fingerprint density at radius 1 is 1.17 bits per heavy atom. The molecule has 2 aliphatic rings. The zero-order valence-corrected chi connectivity index (χ0v) is 19.2. The minimum absolute atomic E-state index is 0. The Morgan fingerprint density at radius 2 is 1.90 bits per heavy atom. The summed E-state index contributed by atoms with van der Waals surface area (Å²) in [6.45, 7) is 1.01. The molecule has 30 heavy (non-hydrogen) atoms. The number of hydrogen-bond acceptors (Lipinski definition) is 6. The molecule has 2 atom stereocenters. The molecule has 0 saturated carbocycles. The van der Waals surface area contributed by atoms with E-state index >= 15 is 0 Å². The summed E-state index contributed by atoms with van der Waals surface area (Å²) in [5.41, 5.74) is 2.63. The van der Waals surface area contributed by atoms with Crippen LogP contribution in [0.4, 0.5) is 0 Å². The van der Waals surface area contributed by atoms with Crippen LogP contribution < -0.4 is 5.32 Å². The van der Waals surface area contributed by atoms with E-state index in [1.165, 1.54) is 30.2 Å². The Bertz CT molecular complexity index is 1010. The lowest BCUT2D eigenvalue weighted by Crippen LogP contribution is -2.50. The van der Waals surface area contributed by atoms with Crippen molar-refractivity contribution in [3.05, 3.63) is 53.0 Å². The van der Waals surface area contributed by atoms with Gasteiger partial charge in [-0.3, -0.25) is 9.69 Å². The first-order chi connectivity index (χ1) is 14.2. The number of piperidine rings is 1. The normalized spacial score (nSPS) is 23.3. The van der Waals surface area contributed by atoms with Gasteiger partial charge in [0.25, 0.3) is 5.91 Å². The molecule has 0 radical (unpaired) electrons. The number of carbonyl (C=O) groups is 1. The topological polar surface area (TPSA) is 58.1 Å². The van der Waals surface area contributed by atoms with Crippen molar-refractivity contribution >= 4 is 51.8 Å². The van der Waals surface area contributed by atoms with E-state index in [0.29, 0.717) is 22.8 Å². The first kappa shape index (κ1) is 21.6. The van der Waals surface area contributed by atoms with Crippen LogP contribution in [0.3, 0.4) is 0 Å². The lowest BCUT2D eigenvalue weighted by molar-refractivity contribution is 0.0820. The van der Waals surface area contributed by atoms with Crippen LogP contribution in [0.5, 0.6) is 0 Å². The van der Waals surface area contributed by atoms with Gasteiger partial charge in [0.05, 0.1) is 0 Å². The number of aromatic nitrogens is 2. The maximum absolute atomic E-state index is 13.0. The molecule has 2 fully saturated rings. The molecule has 8 heteroatoms. The van der Waals surface area contributed by atoms with Gasteiger partial charge in [0.2, 0.25) is 0 Å². The molecule has 1 aromatic carbocycles. The highest BCUT2D eigenvalue weighted by Gasteiger charge is 2.41. The maximum Gasteiger partial charge on any atom is 0.272 e. The second-order valence-electron chi connectivity index (χ2n) is 7.88. The van der Waals surface area contributed by atoms with Gasteiger partial charge in [-0.1, -0.05) is 30.3 Å². The fourth-order valence-electron chi connectivity index (χ4n) is 4.77. The summed E-state index contributed by atoms with van der Waals surface area (Å²) in [6, 6.07) is 13.9. The molecule has 1 N–H and O–H groups in total. The van der Waals surface area contributed by atoms with Crippen molar-refractivity contribution in [1.82, 2.24) is 20.2 Å². The van der Waals surface area contributed by atoms with Crippen LogP contribution in [0, 0.1) is 0 Å². The summed E-state index contributed by atoms with van der Waals surface area (Å²) in [5.74, 6) is -0.0872. The van der Waals surface area contributed by atoms with Gasteiger partial charge in [-0.2, -0.15) is 0 Å². The van der Waals surface area contributed by atoms with E-state index in [9.17, 15) is 4.79 Å². The van der Waals surface area contributed by atoms with Crippen molar-refractivity contribution < 1.29 is 4.79 Å². The third-order valence-electron chi connectivity index (χ3n) is 6.10. The fourth-order valence-corrected chi connectivity index (χ4v) is 6.04. The van der Waals surface area contributed by atoms with E-state index < -0.39 is 0 Å². The minimum atomic E-state index is -0.0872. The van der Waals surface area contributed by atoms with E-state index in [2.05, 4.69) is 50.5 Å². The monoisotopic (exact) mass is 460 g/mol. The second-order valence-corrected chi connectivity index (χ2v) is 9.57. The molecule has 2 unspecified atom stereocenters. The van der Waals surface area contributed by atoms with Crippen LogP contribution in [-0.2, 0) is 6.54 Å². The van der Waals surface area contributed by atoms with Crippen molar-refractivity contribution in [2.75, 3.05) is 6.26 Å². The standard InChI is InChI=1S/C22H24N4OS2.ClH/c1-28-22-19(24-18-9-10-29-21(18)25-22)20(27)23-15-11-16-7-8-17(12-15)26(16)13-14-5-3-2-4-6-14;/h2-6,9-10,15-17H,7-8,11-13H2,1H3,(H,23,27);1H. The summed E-state index contributed by atoms with van der Waals surface area (Å²) in [6.07, 6.45) is 6.42. The molecule has 5 rings (SSSR count). The van der Waals surface area contributed by atoms with Crippen LogP contribution in [0.25, 0.3) is 10.3 Å². The summed E-state index contributed by atoms with van der Waals surface area (Å²) in [4.78, 5) is 25.8. The highest BCUT2D eigenvalue weighted by molar-refractivity contribution is 7.98. The zero-order valence-electron chi connectivity index (χ0n) is 16.8. The molecule has 2 saturated heterocycles. The number of fused-ring (bicyclic) bond motifs is 3. The highest BCUT2D eigenvalue weighted by Crippen LogP contribution is 2.37. The SMILES string of the molecule is CSc1nc2sccc2nc1C(=O)NC1CC2CCC(C1)N2Cc1ccccc1.Cl. The first-order valence-corrected chi connectivity index (χ1v) is 12.2. The van der Waals surface area contributed by atoms with E-state index in [1.807, 2.05) is 17.7 Å². The number of carbonyl (C=O) groups excluding carboxylic acids is 1. The van der Waals surface area contributed by atoms with Crippen LogP contribution in [0.15, 0.2) is 46.8 Å². The van der Waals surface area contributed by atoms with E-state index in [4.69, 9.17) is 0 Å². The maximum atomic E-state index is 13.0. The minimum Gasteiger partial charge on any atom is -0.348 e. The number of amides is 1. The lowest BCUT2D eigenvalue weighted by atomic mass is 9.96. The molecule has 158 valence electrons. The van der Waals surface area contributed by atoms with Crippen LogP contribution >= 0.6 is 35.5 Å². The summed E-state index contributed by atoms with van der Waals surface area (Å²) in [7, 11) is 0. The van der Waals surface area contributed by atoms with Gasteiger partial charge in [-0.25, -0.2) is 9.97 Å². The molecule has 1 amide bonds. The lowest BCUT2D eigenvalue weighted by Gasteiger charge is -2.39. The van der Waals surface area contributed by atoms with Crippen LogP contribution in [-0.4, -0.2) is 45.2 Å². The van der Waals surface area contributed by atoms with Gasteiger partial charge in [0.15, 0.2) is 5.69 Å². The van der Waals surface area contributed by atoms with Gasteiger partial charge >= 0.3 is 0 Å². The van der Waals surface area contributed by atoms with Gasteiger partial charge in [0, 0.05) is 24.7 Å². The Morgan fingerprint density at radius 3 is 2.60 bits per heavy atom. The van der Waals surface area contributed by atoms with Gasteiger partial charge in [-0.15, -0.1) is 35.5 Å². The Kier molecular flexibility index (Phi) is 6.63. The smallest absolute Gasteiger partial charge is 0.272 e. The molecule has 0 aliphatic carbocycles. The summed E-state index contributed by atoms with van der Waals surface area (Å²) in [5, 5.41) is 5.95. The first-order valence-electron chi connectivity index (χ1n) is 10.1. The number of hydrogen-bond donors (Lipinski definition) is 1. The number of nitrogens with zero attached hydrogens (tertiary/aromatic N) is 3. The quantitative estimate of drug-likeness (QED) is 0.556. The van der Waals surface area contributed by atoms with Crippen molar-refractivity contribution in [3.63, 3.8) is 0 Å². The number of benzene rings is 1. The zero-order chi connectivity index (χ0) is 19.8. The average molecular weight is 461 g/mol. The van der Waals surface area contributed by atoms with Gasteiger partial charge in [0.1, 0.15) is 15.4 Å². The fraction of sp³-hybridized carbons (Fsp3) is 0.409. The van der Waals surface area contributed by atoms with Crippen LogP contribution in [0.2, 0.25) is 0 Å². The molecule has 0 spiro atoms. The molecular formula is C22H25ClN4OS2. The molecule has 3 aromatic rings. The van der Waals surface area contributed by atoms with E-state index in [-0.39, 0.29) is 24.4 Å². The number of thioether (sulfide) groups is 1. The molecule has 4 heterocycles. The predicted octanol–water partition coefficient (Wildman–Crippen LogP) is 4.76. The van der Waals surface area contributed by atoms with E-state index in [0.717, 1.165) is 29.7 Å².